The smallest absolute Gasteiger partial charge is 0.268 e. The number of nitrogen functional groups attached to an aromatic ring is 1. The van der Waals surface area contributed by atoms with Crippen LogP contribution < -0.4 is 16.0 Å². The Hall–Kier alpha value is -3.32. The van der Waals surface area contributed by atoms with E-state index in [1.807, 2.05) is 6.07 Å². The maximum absolute atomic E-state index is 12.0. The number of H-pyrrole nitrogens is 1. The van der Waals surface area contributed by atoms with Gasteiger partial charge in [-0.2, -0.15) is 10.5 Å². The van der Waals surface area contributed by atoms with Crippen molar-refractivity contribution in [3.05, 3.63) is 45.7 Å². The summed E-state index contributed by atoms with van der Waals surface area (Å²) in [7, 11) is 0. The Bertz CT molecular complexity index is 845. The van der Waals surface area contributed by atoms with Crippen LogP contribution in [0.4, 0.5) is 10.2 Å². The van der Waals surface area contributed by atoms with Crippen molar-refractivity contribution in [2.75, 3.05) is 19.0 Å². The van der Waals surface area contributed by atoms with E-state index in [4.69, 9.17) is 10.5 Å². The van der Waals surface area contributed by atoms with Gasteiger partial charge >= 0.3 is 0 Å². The fourth-order valence-electron chi connectivity index (χ4n) is 2.09. The topological polar surface area (TPSA) is 116 Å². The van der Waals surface area contributed by atoms with Crippen molar-refractivity contribution in [3.63, 3.8) is 0 Å². The fourth-order valence-corrected chi connectivity index (χ4v) is 2.09. The number of ether oxygens (including phenoxy) is 1. The van der Waals surface area contributed by atoms with Gasteiger partial charge < -0.3 is 15.5 Å². The summed E-state index contributed by atoms with van der Waals surface area (Å²) in [6, 6.07) is 10.2. The molecule has 0 saturated heterocycles. The van der Waals surface area contributed by atoms with Gasteiger partial charge in [-0.3, -0.25) is 9.18 Å². The molecule has 23 heavy (non-hydrogen) atoms. The average molecular weight is 312 g/mol. The summed E-state index contributed by atoms with van der Waals surface area (Å²) in [5.41, 5.74) is 5.54. The average Bonchev–Trinajstić information content (AvgIpc) is 2.55. The Balaban J connectivity index is 2.48. The van der Waals surface area contributed by atoms with Gasteiger partial charge in [-0.05, 0) is 17.7 Å². The minimum Gasteiger partial charge on any atom is -0.493 e. The lowest BCUT2D eigenvalue weighted by molar-refractivity contribution is 0.289. The van der Waals surface area contributed by atoms with E-state index >= 15 is 0 Å². The number of nitrogens with two attached hydrogens (primary N) is 1. The molecular formula is C16H13FN4O2. The normalized spacial score (nSPS) is 9.87. The number of halogens is 1. The number of pyridine rings is 1. The molecule has 0 unspecified atom stereocenters. The molecule has 1 aromatic heterocycles. The number of hydrogen-bond donors (Lipinski definition) is 2. The van der Waals surface area contributed by atoms with Crippen molar-refractivity contribution in [3.8, 4) is 29.0 Å². The molecule has 0 aliphatic rings. The van der Waals surface area contributed by atoms with Gasteiger partial charge in [0, 0.05) is 12.0 Å². The minimum absolute atomic E-state index is 0.0345. The number of hydrogen-bond acceptors (Lipinski definition) is 5. The Morgan fingerprint density at radius 2 is 1.83 bits per heavy atom. The molecule has 0 atom stereocenters. The predicted molar refractivity (Wildman–Crippen MR) is 82.4 cm³/mol. The van der Waals surface area contributed by atoms with Crippen molar-refractivity contribution in [1.29, 1.82) is 10.5 Å². The van der Waals surface area contributed by atoms with Crippen molar-refractivity contribution < 1.29 is 9.13 Å². The minimum atomic E-state index is -0.651. The van der Waals surface area contributed by atoms with Crippen molar-refractivity contribution in [2.45, 2.75) is 6.42 Å². The van der Waals surface area contributed by atoms with Gasteiger partial charge in [0.05, 0.1) is 13.3 Å². The molecule has 1 aromatic carbocycles. The highest BCUT2D eigenvalue weighted by molar-refractivity contribution is 5.80. The molecule has 2 aromatic rings. The van der Waals surface area contributed by atoms with E-state index < -0.39 is 12.2 Å². The Morgan fingerprint density at radius 3 is 2.39 bits per heavy atom. The molecule has 1 heterocycles. The second-order valence-corrected chi connectivity index (χ2v) is 4.63. The zero-order chi connectivity index (χ0) is 16.8. The molecule has 0 amide bonds. The maximum Gasteiger partial charge on any atom is 0.268 e. The van der Waals surface area contributed by atoms with Crippen LogP contribution in [0, 0.1) is 22.7 Å². The lowest BCUT2D eigenvalue weighted by Crippen LogP contribution is -2.16. The summed E-state index contributed by atoms with van der Waals surface area (Å²) in [6.07, 6.45) is 0.295. The highest BCUT2D eigenvalue weighted by atomic mass is 19.1. The molecule has 0 aliphatic carbocycles. The summed E-state index contributed by atoms with van der Waals surface area (Å²) >= 11 is 0. The molecule has 0 radical (unpaired) electrons. The number of benzene rings is 1. The van der Waals surface area contributed by atoms with Gasteiger partial charge in [0.15, 0.2) is 0 Å². The largest absolute Gasteiger partial charge is 0.493 e. The van der Waals surface area contributed by atoms with Crippen molar-refractivity contribution in [2.24, 2.45) is 0 Å². The van der Waals surface area contributed by atoms with E-state index in [9.17, 15) is 19.7 Å². The summed E-state index contributed by atoms with van der Waals surface area (Å²) < 4.78 is 17.4. The van der Waals surface area contributed by atoms with E-state index in [1.165, 1.54) is 0 Å². The third-order valence-corrected chi connectivity index (χ3v) is 3.16. The van der Waals surface area contributed by atoms with Gasteiger partial charge in [-0.25, -0.2) is 0 Å². The van der Waals surface area contributed by atoms with E-state index in [2.05, 4.69) is 4.98 Å². The number of nitrogens with one attached hydrogen (secondary N) is 1. The van der Waals surface area contributed by atoms with Crippen LogP contribution in [-0.2, 0) is 0 Å². The molecule has 0 bridgehead atoms. The van der Waals surface area contributed by atoms with Gasteiger partial charge in [-0.15, -0.1) is 0 Å². The molecule has 3 N–H and O–H groups in total. The third-order valence-electron chi connectivity index (χ3n) is 3.16. The van der Waals surface area contributed by atoms with Crippen LogP contribution in [0.5, 0.6) is 5.75 Å². The first-order valence-electron chi connectivity index (χ1n) is 6.77. The van der Waals surface area contributed by atoms with E-state index in [1.54, 1.807) is 30.3 Å². The quantitative estimate of drug-likeness (QED) is 0.820. The van der Waals surface area contributed by atoms with E-state index in [-0.39, 0.29) is 29.1 Å². The van der Waals surface area contributed by atoms with Gasteiger partial charge in [-0.1, -0.05) is 12.1 Å². The summed E-state index contributed by atoms with van der Waals surface area (Å²) in [5, 5.41) is 18.4. The standard InChI is InChI=1S/C16H13FN4O2/c17-6-1-7-23-11-4-2-10(3-5-11)14-12(8-18)15(20)21-16(22)13(14)9-19/h2-5H,1,6-7H2,(H3,20,21,22). The fraction of sp³-hybridized carbons (Fsp3) is 0.188. The lowest BCUT2D eigenvalue weighted by Gasteiger charge is -2.10. The van der Waals surface area contributed by atoms with E-state index in [0.717, 1.165) is 0 Å². The lowest BCUT2D eigenvalue weighted by atomic mass is 9.97. The van der Waals surface area contributed by atoms with Crippen molar-refractivity contribution in [1.82, 2.24) is 4.98 Å². The number of aromatic nitrogens is 1. The Labute approximate surface area is 131 Å². The predicted octanol–water partition coefficient (Wildman–Crippen LogP) is 2.11. The second kappa shape index (κ2) is 7.10. The number of aromatic amines is 1. The molecule has 6 nitrogen and oxygen atoms in total. The van der Waals surface area contributed by atoms with Crippen molar-refractivity contribution >= 4 is 5.82 Å². The summed E-state index contributed by atoms with van der Waals surface area (Å²) in [4.78, 5) is 14.1. The van der Waals surface area contributed by atoms with Crippen LogP contribution in [0.2, 0.25) is 0 Å². The van der Waals surface area contributed by atoms with Crippen LogP contribution in [0.1, 0.15) is 17.5 Å². The molecule has 2 rings (SSSR count). The zero-order valence-corrected chi connectivity index (χ0v) is 12.1. The first-order chi connectivity index (χ1) is 11.1. The Kier molecular flexibility index (Phi) is 4.96. The molecule has 0 fully saturated rings. The highest BCUT2D eigenvalue weighted by Gasteiger charge is 2.17. The van der Waals surface area contributed by atoms with Crippen LogP contribution in [-0.4, -0.2) is 18.3 Å². The number of alkyl halides is 1. The third kappa shape index (κ3) is 3.30. The summed E-state index contributed by atoms with van der Waals surface area (Å²) in [5.74, 6) is 0.437. The Morgan fingerprint density at radius 1 is 1.17 bits per heavy atom. The highest BCUT2D eigenvalue weighted by Crippen LogP contribution is 2.29. The molecule has 0 spiro atoms. The number of anilines is 1. The van der Waals surface area contributed by atoms with Crippen LogP contribution in [0.25, 0.3) is 11.1 Å². The molecule has 0 saturated carbocycles. The van der Waals surface area contributed by atoms with Crippen LogP contribution in [0.3, 0.4) is 0 Å². The monoisotopic (exact) mass is 312 g/mol. The second-order valence-electron chi connectivity index (χ2n) is 4.63. The molecular weight excluding hydrogens is 299 g/mol. The number of rotatable bonds is 5. The van der Waals surface area contributed by atoms with E-state index in [0.29, 0.717) is 17.7 Å². The van der Waals surface area contributed by atoms with Gasteiger partial charge in [0.25, 0.3) is 5.56 Å². The maximum atomic E-state index is 12.0. The summed E-state index contributed by atoms with van der Waals surface area (Å²) in [6.45, 7) is -0.206. The SMILES string of the molecule is N#Cc1c(N)[nH]c(=O)c(C#N)c1-c1ccc(OCCCF)cc1. The van der Waals surface area contributed by atoms with Gasteiger partial charge in [0.2, 0.25) is 0 Å². The first kappa shape index (κ1) is 16.1. The van der Waals surface area contributed by atoms with Crippen LogP contribution >= 0.6 is 0 Å². The first-order valence-corrected chi connectivity index (χ1v) is 6.77. The number of nitriles is 2. The van der Waals surface area contributed by atoms with Gasteiger partial charge in [0.1, 0.15) is 34.8 Å². The molecule has 7 heteroatoms. The molecule has 0 aliphatic heterocycles. The number of nitrogens with zero attached hydrogens (tertiary/aromatic N) is 2. The van der Waals surface area contributed by atoms with Crippen LogP contribution in [0.15, 0.2) is 29.1 Å². The molecule has 116 valence electrons. The zero-order valence-electron chi connectivity index (χ0n) is 12.1.